The van der Waals surface area contributed by atoms with E-state index < -0.39 is 0 Å². The summed E-state index contributed by atoms with van der Waals surface area (Å²) in [4.78, 5) is 7.84. The third-order valence-corrected chi connectivity index (χ3v) is 1.82. The van der Waals surface area contributed by atoms with Crippen molar-refractivity contribution in [3.63, 3.8) is 0 Å². The van der Waals surface area contributed by atoms with Crippen LogP contribution in [0.5, 0.6) is 0 Å². The van der Waals surface area contributed by atoms with Crippen LogP contribution in [0.1, 0.15) is 5.56 Å². The van der Waals surface area contributed by atoms with Gasteiger partial charge in [0.2, 0.25) is 0 Å². The smallest absolute Gasteiger partial charge is 0.134 e. The van der Waals surface area contributed by atoms with Gasteiger partial charge in [0, 0.05) is 5.39 Å². The second-order valence-electron chi connectivity index (χ2n) is 2.57. The summed E-state index contributed by atoms with van der Waals surface area (Å²) in [5, 5.41) is 9.50. The molecule has 62 valence electrons. The third kappa shape index (κ3) is 1.07. The number of fused-ring (bicyclic) bond motifs is 1. The SMILES string of the molecule is N#Cc1cccc2c(N)ncnc12. The minimum absolute atomic E-state index is 0.405. The van der Waals surface area contributed by atoms with E-state index in [4.69, 9.17) is 11.0 Å². The van der Waals surface area contributed by atoms with Crippen LogP contribution in [-0.4, -0.2) is 9.97 Å². The Bertz CT molecular complexity index is 498. The molecule has 2 aromatic rings. The molecule has 13 heavy (non-hydrogen) atoms. The van der Waals surface area contributed by atoms with Gasteiger partial charge in [-0.1, -0.05) is 6.07 Å². The molecule has 2 rings (SSSR count). The maximum Gasteiger partial charge on any atom is 0.134 e. The van der Waals surface area contributed by atoms with Gasteiger partial charge in [0.1, 0.15) is 18.2 Å². The summed E-state index contributed by atoms with van der Waals surface area (Å²) in [5.74, 6) is 0.405. The Kier molecular flexibility index (Phi) is 1.57. The van der Waals surface area contributed by atoms with Gasteiger partial charge in [-0.05, 0) is 12.1 Å². The molecule has 0 unspecified atom stereocenters. The van der Waals surface area contributed by atoms with Crippen LogP contribution in [-0.2, 0) is 0 Å². The van der Waals surface area contributed by atoms with Crippen molar-refractivity contribution in [2.45, 2.75) is 0 Å². The number of anilines is 1. The molecule has 0 aliphatic carbocycles. The zero-order valence-corrected chi connectivity index (χ0v) is 6.73. The van der Waals surface area contributed by atoms with E-state index in [0.717, 1.165) is 5.39 Å². The number of nitrogens with two attached hydrogens (primary N) is 1. The number of nitrogen functional groups attached to an aromatic ring is 1. The van der Waals surface area contributed by atoms with E-state index in [0.29, 0.717) is 16.9 Å². The first-order valence-corrected chi connectivity index (χ1v) is 3.72. The van der Waals surface area contributed by atoms with Crippen molar-refractivity contribution in [3.05, 3.63) is 30.1 Å². The molecule has 1 aromatic heterocycles. The molecular formula is C9H6N4. The van der Waals surface area contributed by atoms with Crippen LogP contribution < -0.4 is 5.73 Å². The molecule has 0 aliphatic rings. The maximum atomic E-state index is 8.78. The van der Waals surface area contributed by atoms with Crippen molar-refractivity contribution in [3.8, 4) is 6.07 Å². The summed E-state index contributed by atoms with van der Waals surface area (Å²) < 4.78 is 0. The minimum Gasteiger partial charge on any atom is -0.383 e. The first kappa shape index (κ1) is 7.50. The molecule has 4 nitrogen and oxygen atoms in total. The lowest BCUT2D eigenvalue weighted by Gasteiger charge is -1.99. The van der Waals surface area contributed by atoms with Crippen LogP contribution in [0.2, 0.25) is 0 Å². The molecule has 4 heteroatoms. The summed E-state index contributed by atoms with van der Waals surface area (Å²) in [6, 6.07) is 7.32. The predicted molar refractivity (Wildman–Crippen MR) is 48.7 cm³/mol. The predicted octanol–water partition coefficient (Wildman–Crippen LogP) is 1.08. The van der Waals surface area contributed by atoms with Crippen molar-refractivity contribution in [2.24, 2.45) is 0 Å². The molecule has 2 N–H and O–H groups in total. The number of para-hydroxylation sites is 1. The van der Waals surface area contributed by atoms with Crippen LogP contribution in [0.15, 0.2) is 24.5 Å². The summed E-state index contributed by atoms with van der Waals surface area (Å²) in [6.45, 7) is 0. The number of rotatable bonds is 0. The lowest BCUT2D eigenvalue weighted by Crippen LogP contribution is -1.94. The van der Waals surface area contributed by atoms with E-state index in [9.17, 15) is 0 Å². The number of aromatic nitrogens is 2. The average molecular weight is 170 g/mol. The standard InChI is InChI=1S/C9H6N4/c10-4-6-2-1-3-7-8(6)12-5-13-9(7)11/h1-3,5H,(H2,11,12,13). The monoisotopic (exact) mass is 170 g/mol. The van der Waals surface area contributed by atoms with Gasteiger partial charge in [0.15, 0.2) is 0 Å². The first-order valence-electron chi connectivity index (χ1n) is 3.72. The normalized spacial score (nSPS) is 9.77. The molecule has 0 aliphatic heterocycles. The molecule has 0 amide bonds. The van der Waals surface area contributed by atoms with Crippen LogP contribution in [0.25, 0.3) is 10.9 Å². The molecular weight excluding hydrogens is 164 g/mol. The van der Waals surface area contributed by atoms with E-state index in [1.165, 1.54) is 6.33 Å². The first-order chi connectivity index (χ1) is 6.33. The number of benzene rings is 1. The Morgan fingerprint density at radius 3 is 2.92 bits per heavy atom. The van der Waals surface area contributed by atoms with E-state index in [-0.39, 0.29) is 0 Å². The molecule has 1 aromatic carbocycles. The molecule has 0 fully saturated rings. The fourth-order valence-corrected chi connectivity index (χ4v) is 1.20. The van der Waals surface area contributed by atoms with Crippen molar-refractivity contribution in [2.75, 3.05) is 5.73 Å². The van der Waals surface area contributed by atoms with Gasteiger partial charge in [0.05, 0.1) is 11.1 Å². The highest BCUT2D eigenvalue weighted by atomic mass is 14.9. The quantitative estimate of drug-likeness (QED) is 0.641. The summed E-state index contributed by atoms with van der Waals surface area (Å²) >= 11 is 0. The van der Waals surface area contributed by atoms with Gasteiger partial charge in [-0.15, -0.1) is 0 Å². The Hall–Kier alpha value is -2.15. The van der Waals surface area contributed by atoms with E-state index >= 15 is 0 Å². The molecule has 1 heterocycles. The fourth-order valence-electron chi connectivity index (χ4n) is 1.20. The van der Waals surface area contributed by atoms with Gasteiger partial charge in [-0.3, -0.25) is 0 Å². The van der Waals surface area contributed by atoms with Crippen LogP contribution >= 0.6 is 0 Å². The molecule has 0 saturated heterocycles. The zero-order valence-electron chi connectivity index (χ0n) is 6.73. The van der Waals surface area contributed by atoms with E-state index in [2.05, 4.69) is 16.0 Å². The molecule has 0 bridgehead atoms. The minimum atomic E-state index is 0.405. The van der Waals surface area contributed by atoms with Crippen molar-refractivity contribution in [1.29, 1.82) is 5.26 Å². The van der Waals surface area contributed by atoms with Crippen LogP contribution in [0.3, 0.4) is 0 Å². The van der Waals surface area contributed by atoms with Gasteiger partial charge < -0.3 is 5.73 Å². The van der Waals surface area contributed by atoms with Crippen molar-refractivity contribution >= 4 is 16.7 Å². The number of hydrogen-bond acceptors (Lipinski definition) is 4. The van der Waals surface area contributed by atoms with Gasteiger partial charge in [-0.2, -0.15) is 5.26 Å². The highest BCUT2D eigenvalue weighted by Gasteiger charge is 2.03. The van der Waals surface area contributed by atoms with Gasteiger partial charge in [-0.25, -0.2) is 9.97 Å². The van der Waals surface area contributed by atoms with Crippen LogP contribution in [0, 0.1) is 11.3 Å². The van der Waals surface area contributed by atoms with Crippen molar-refractivity contribution < 1.29 is 0 Å². The number of hydrogen-bond donors (Lipinski definition) is 1. The summed E-state index contributed by atoms with van der Waals surface area (Å²) in [6.07, 6.45) is 1.36. The van der Waals surface area contributed by atoms with Crippen molar-refractivity contribution in [1.82, 2.24) is 9.97 Å². The Morgan fingerprint density at radius 2 is 2.15 bits per heavy atom. The summed E-state index contributed by atoms with van der Waals surface area (Å²) in [7, 11) is 0. The Labute approximate surface area is 74.6 Å². The average Bonchev–Trinajstić information content (AvgIpc) is 2.18. The molecule has 0 saturated carbocycles. The highest BCUT2D eigenvalue weighted by Crippen LogP contribution is 2.18. The lowest BCUT2D eigenvalue weighted by atomic mass is 10.1. The number of nitriles is 1. The summed E-state index contributed by atoms with van der Waals surface area (Å²) in [5.41, 5.74) is 6.75. The maximum absolute atomic E-state index is 8.78. The topological polar surface area (TPSA) is 75.6 Å². The van der Waals surface area contributed by atoms with Gasteiger partial charge in [0.25, 0.3) is 0 Å². The number of nitrogens with zero attached hydrogens (tertiary/aromatic N) is 3. The molecule has 0 spiro atoms. The third-order valence-electron chi connectivity index (χ3n) is 1.82. The second-order valence-corrected chi connectivity index (χ2v) is 2.57. The largest absolute Gasteiger partial charge is 0.383 e. The Balaban J connectivity index is 2.94. The zero-order chi connectivity index (χ0) is 9.26. The van der Waals surface area contributed by atoms with Crippen LogP contribution in [0.4, 0.5) is 5.82 Å². The second kappa shape index (κ2) is 2.72. The lowest BCUT2D eigenvalue weighted by molar-refractivity contribution is 1.23. The van der Waals surface area contributed by atoms with Gasteiger partial charge >= 0.3 is 0 Å². The molecule has 0 atom stereocenters. The Morgan fingerprint density at radius 1 is 1.31 bits per heavy atom. The van der Waals surface area contributed by atoms with E-state index in [1.807, 2.05) is 0 Å². The highest BCUT2D eigenvalue weighted by molar-refractivity contribution is 5.91. The fraction of sp³-hybridized carbons (Fsp3) is 0. The molecule has 0 radical (unpaired) electrons. The van der Waals surface area contributed by atoms with E-state index in [1.54, 1.807) is 18.2 Å².